The van der Waals surface area contributed by atoms with Gasteiger partial charge in [0.2, 0.25) is 0 Å². The van der Waals surface area contributed by atoms with Gasteiger partial charge in [-0.2, -0.15) is 5.10 Å². The summed E-state index contributed by atoms with van der Waals surface area (Å²) in [6, 6.07) is 8.60. The zero-order chi connectivity index (χ0) is 18.1. The van der Waals surface area contributed by atoms with Gasteiger partial charge in [0, 0.05) is 54.5 Å². The van der Waals surface area contributed by atoms with Crippen LogP contribution in [0.1, 0.15) is 31.4 Å². The Balaban J connectivity index is 1.55. The minimum atomic E-state index is 0.147. The van der Waals surface area contributed by atoms with Crippen molar-refractivity contribution in [2.45, 2.75) is 38.1 Å². The standard InChI is InChI=1S/C21H24N4O/c1-25-13-18(12-24-25)15-2-3-16-11-23-20(9-17(16)8-15)10-21(26)14-4-6-19(22)7-5-14/h2-3,8-9,11-14,19H,4-7,10,22H2,1H3. The molecule has 2 N–H and O–H groups in total. The third-order valence-corrected chi connectivity index (χ3v) is 5.40. The Morgan fingerprint density at radius 3 is 2.65 bits per heavy atom. The SMILES string of the molecule is Cn1cc(-c2ccc3cnc(CC(=O)C4CCC(N)CC4)cc3c2)cn1. The van der Waals surface area contributed by atoms with Crippen LogP contribution in [0.25, 0.3) is 21.9 Å². The average Bonchev–Trinajstić information content (AvgIpc) is 3.08. The first-order valence-electron chi connectivity index (χ1n) is 9.24. The lowest BCUT2D eigenvalue weighted by atomic mass is 9.82. The van der Waals surface area contributed by atoms with Crippen LogP contribution in [0.5, 0.6) is 0 Å². The van der Waals surface area contributed by atoms with Gasteiger partial charge in [-0.25, -0.2) is 0 Å². The molecule has 0 radical (unpaired) electrons. The molecular formula is C21H24N4O. The van der Waals surface area contributed by atoms with Crippen molar-refractivity contribution in [2.24, 2.45) is 18.7 Å². The quantitative estimate of drug-likeness (QED) is 0.785. The van der Waals surface area contributed by atoms with E-state index in [1.54, 1.807) is 4.68 Å². The Kier molecular flexibility index (Phi) is 4.55. The van der Waals surface area contributed by atoms with E-state index in [2.05, 4.69) is 28.3 Å². The van der Waals surface area contributed by atoms with E-state index in [0.29, 0.717) is 12.2 Å². The van der Waals surface area contributed by atoms with Crippen molar-refractivity contribution in [3.05, 3.63) is 48.5 Å². The summed E-state index contributed by atoms with van der Waals surface area (Å²) in [7, 11) is 1.91. The molecule has 1 fully saturated rings. The molecule has 0 amide bonds. The summed E-state index contributed by atoms with van der Waals surface area (Å²) in [5.74, 6) is 0.446. The normalized spacial score (nSPS) is 20.4. The summed E-state index contributed by atoms with van der Waals surface area (Å²) in [4.78, 5) is 17.1. The first-order valence-corrected chi connectivity index (χ1v) is 9.24. The van der Waals surface area contributed by atoms with Crippen molar-refractivity contribution in [3.8, 4) is 11.1 Å². The van der Waals surface area contributed by atoms with Gasteiger partial charge in [-0.15, -0.1) is 0 Å². The zero-order valence-electron chi connectivity index (χ0n) is 15.1. The minimum absolute atomic E-state index is 0.147. The van der Waals surface area contributed by atoms with Gasteiger partial charge in [-0.1, -0.05) is 12.1 Å². The number of carbonyl (C=O) groups is 1. The highest BCUT2D eigenvalue weighted by Gasteiger charge is 2.24. The van der Waals surface area contributed by atoms with E-state index in [-0.39, 0.29) is 12.0 Å². The van der Waals surface area contributed by atoms with E-state index in [1.165, 1.54) is 0 Å². The number of aromatic nitrogens is 3. The molecule has 4 rings (SSSR count). The number of benzene rings is 1. The third kappa shape index (κ3) is 3.53. The maximum atomic E-state index is 12.6. The van der Waals surface area contributed by atoms with Crippen LogP contribution in [0, 0.1) is 5.92 Å². The van der Waals surface area contributed by atoms with E-state index >= 15 is 0 Å². The molecule has 134 valence electrons. The first kappa shape index (κ1) is 16.9. The van der Waals surface area contributed by atoms with Gasteiger partial charge in [0.1, 0.15) is 5.78 Å². The van der Waals surface area contributed by atoms with Crippen LogP contribution in [0.2, 0.25) is 0 Å². The predicted molar refractivity (Wildman–Crippen MR) is 103 cm³/mol. The molecule has 0 bridgehead atoms. The van der Waals surface area contributed by atoms with Crippen molar-refractivity contribution >= 4 is 16.6 Å². The van der Waals surface area contributed by atoms with Gasteiger partial charge in [0.15, 0.2) is 0 Å². The van der Waals surface area contributed by atoms with Crippen molar-refractivity contribution in [3.63, 3.8) is 0 Å². The van der Waals surface area contributed by atoms with Crippen LogP contribution in [-0.4, -0.2) is 26.6 Å². The maximum Gasteiger partial charge on any atom is 0.141 e. The fraction of sp³-hybridized carbons (Fsp3) is 0.381. The van der Waals surface area contributed by atoms with Crippen molar-refractivity contribution in [1.29, 1.82) is 0 Å². The van der Waals surface area contributed by atoms with E-state index in [9.17, 15) is 4.79 Å². The van der Waals surface area contributed by atoms with E-state index in [1.807, 2.05) is 31.7 Å². The number of carbonyl (C=O) groups excluding carboxylic acids is 1. The maximum absolute atomic E-state index is 12.6. The van der Waals surface area contributed by atoms with Gasteiger partial charge in [0.05, 0.1) is 6.20 Å². The molecule has 0 spiro atoms. The number of rotatable bonds is 4. The van der Waals surface area contributed by atoms with E-state index < -0.39 is 0 Å². The lowest BCUT2D eigenvalue weighted by molar-refractivity contribution is -0.123. The van der Waals surface area contributed by atoms with Crippen LogP contribution >= 0.6 is 0 Å². The van der Waals surface area contributed by atoms with Crippen molar-refractivity contribution in [1.82, 2.24) is 14.8 Å². The fourth-order valence-corrected chi connectivity index (χ4v) is 3.80. The summed E-state index contributed by atoms with van der Waals surface area (Å²) in [5.41, 5.74) is 9.00. The smallest absolute Gasteiger partial charge is 0.141 e. The summed E-state index contributed by atoms with van der Waals surface area (Å²) >= 11 is 0. The molecule has 2 aromatic heterocycles. The second-order valence-electron chi connectivity index (χ2n) is 7.40. The molecular weight excluding hydrogens is 324 g/mol. The second kappa shape index (κ2) is 7.00. The zero-order valence-corrected chi connectivity index (χ0v) is 15.1. The molecule has 0 aliphatic heterocycles. The highest BCUT2D eigenvalue weighted by Crippen LogP contribution is 2.27. The molecule has 1 saturated carbocycles. The predicted octanol–water partition coefficient (Wildman–Crippen LogP) is 3.26. The molecule has 5 heteroatoms. The highest BCUT2D eigenvalue weighted by molar-refractivity contribution is 5.88. The summed E-state index contributed by atoms with van der Waals surface area (Å²) in [5, 5.41) is 6.43. The Hall–Kier alpha value is -2.53. The van der Waals surface area contributed by atoms with Crippen LogP contribution in [-0.2, 0) is 18.3 Å². The Morgan fingerprint density at radius 1 is 1.12 bits per heavy atom. The lowest BCUT2D eigenvalue weighted by Crippen LogP contribution is -2.30. The van der Waals surface area contributed by atoms with Gasteiger partial charge in [0.25, 0.3) is 0 Å². The molecule has 0 saturated heterocycles. The molecule has 1 aliphatic rings. The van der Waals surface area contributed by atoms with Gasteiger partial charge < -0.3 is 5.73 Å². The molecule has 1 aromatic carbocycles. The molecule has 0 unspecified atom stereocenters. The highest BCUT2D eigenvalue weighted by atomic mass is 16.1. The number of nitrogens with two attached hydrogens (primary N) is 1. The third-order valence-electron chi connectivity index (χ3n) is 5.40. The summed E-state index contributed by atoms with van der Waals surface area (Å²) in [6.45, 7) is 0. The van der Waals surface area contributed by atoms with E-state index in [4.69, 9.17) is 5.73 Å². The topological polar surface area (TPSA) is 73.8 Å². The molecule has 3 aromatic rings. The molecule has 26 heavy (non-hydrogen) atoms. The van der Waals surface area contributed by atoms with Gasteiger partial charge in [-0.3, -0.25) is 14.5 Å². The monoisotopic (exact) mass is 348 g/mol. The number of aryl methyl sites for hydroxylation is 1. The molecule has 0 atom stereocenters. The first-order chi connectivity index (χ1) is 12.6. The van der Waals surface area contributed by atoms with Crippen LogP contribution in [0.3, 0.4) is 0 Å². The summed E-state index contributed by atoms with van der Waals surface area (Å²) < 4.78 is 1.80. The number of nitrogens with zero attached hydrogens (tertiary/aromatic N) is 3. The largest absolute Gasteiger partial charge is 0.328 e. The van der Waals surface area contributed by atoms with E-state index in [0.717, 1.165) is 53.3 Å². The number of Topliss-reactive ketones (excluding diaryl/α,β-unsaturated/α-hetero) is 1. The Morgan fingerprint density at radius 2 is 1.92 bits per heavy atom. The number of hydrogen-bond acceptors (Lipinski definition) is 4. The van der Waals surface area contributed by atoms with Gasteiger partial charge >= 0.3 is 0 Å². The number of fused-ring (bicyclic) bond motifs is 1. The number of ketones is 1. The van der Waals surface area contributed by atoms with Crippen LogP contribution < -0.4 is 5.73 Å². The number of hydrogen-bond donors (Lipinski definition) is 1. The molecule has 1 aliphatic carbocycles. The Labute approximate surface area is 153 Å². The second-order valence-corrected chi connectivity index (χ2v) is 7.40. The minimum Gasteiger partial charge on any atom is -0.328 e. The molecule has 2 heterocycles. The van der Waals surface area contributed by atoms with Crippen LogP contribution in [0.15, 0.2) is 42.9 Å². The summed E-state index contributed by atoms with van der Waals surface area (Å²) in [6.07, 6.45) is 9.87. The molecule has 5 nitrogen and oxygen atoms in total. The lowest BCUT2D eigenvalue weighted by Gasteiger charge is -2.24. The average molecular weight is 348 g/mol. The van der Waals surface area contributed by atoms with Gasteiger partial charge in [-0.05, 0) is 48.8 Å². The van der Waals surface area contributed by atoms with Crippen molar-refractivity contribution in [2.75, 3.05) is 0 Å². The Bertz CT molecular complexity index is 938. The fourth-order valence-electron chi connectivity index (χ4n) is 3.80. The van der Waals surface area contributed by atoms with Crippen molar-refractivity contribution < 1.29 is 4.79 Å². The number of pyridine rings is 1. The van der Waals surface area contributed by atoms with Crippen LogP contribution in [0.4, 0.5) is 0 Å².